The molecule has 0 aliphatic carbocycles. The average Bonchev–Trinajstić information content (AvgIpc) is 2.99. The molecule has 1 N–H and O–H groups in total. The second-order valence-electron chi connectivity index (χ2n) is 9.85. The first-order valence-electron chi connectivity index (χ1n) is 13.9. The van der Waals surface area contributed by atoms with E-state index < -0.39 is 0 Å². The molecule has 4 rings (SSSR count). The Morgan fingerprint density at radius 3 is 2.12 bits per heavy atom. The third-order valence-corrected chi connectivity index (χ3v) is 7.73. The smallest absolute Gasteiger partial charge is 0.256 e. The number of carbonyl (C=O) groups is 3. The fourth-order valence-corrected chi connectivity index (χ4v) is 5.30. The predicted octanol–water partition coefficient (Wildman–Crippen LogP) is 5.92. The maximum absolute atomic E-state index is 13.6. The van der Waals surface area contributed by atoms with Gasteiger partial charge in [-0.3, -0.25) is 14.4 Å². The number of piperazine rings is 1. The number of hydrogen-bond acceptors (Lipinski definition) is 4. The Hall–Kier alpha value is -3.84. The van der Waals surface area contributed by atoms with Crippen LogP contribution in [0, 0.1) is 0 Å². The molecule has 1 fully saturated rings. The van der Waals surface area contributed by atoms with E-state index in [4.69, 9.17) is 11.6 Å². The largest absolute Gasteiger partial charge is 0.367 e. The molecule has 0 spiro atoms. The van der Waals surface area contributed by atoms with E-state index in [0.717, 1.165) is 17.7 Å². The summed E-state index contributed by atoms with van der Waals surface area (Å²) in [6.45, 7) is 9.50. The molecular weight excluding hydrogens is 524 g/mol. The van der Waals surface area contributed by atoms with Crippen LogP contribution in [-0.4, -0.2) is 66.8 Å². The molecule has 3 aromatic carbocycles. The van der Waals surface area contributed by atoms with Crippen LogP contribution in [0.15, 0.2) is 72.8 Å². The van der Waals surface area contributed by atoms with Crippen LogP contribution in [0.1, 0.15) is 59.4 Å². The number of amides is 3. The van der Waals surface area contributed by atoms with Crippen LogP contribution in [0.3, 0.4) is 0 Å². The Kier molecular flexibility index (Phi) is 9.83. The lowest BCUT2D eigenvalue weighted by molar-refractivity contribution is -0.133. The predicted molar refractivity (Wildman–Crippen MR) is 161 cm³/mol. The summed E-state index contributed by atoms with van der Waals surface area (Å²) in [5.74, 6) is -0.373. The minimum Gasteiger partial charge on any atom is -0.367 e. The van der Waals surface area contributed by atoms with Crippen molar-refractivity contribution in [3.63, 3.8) is 0 Å². The number of nitrogens with one attached hydrogen (secondary N) is 1. The van der Waals surface area contributed by atoms with Crippen molar-refractivity contribution < 1.29 is 14.4 Å². The highest BCUT2D eigenvalue weighted by Crippen LogP contribution is 2.29. The highest BCUT2D eigenvalue weighted by Gasteiger charge is 2.29. The van der Waals surface area contributed by atoms with Crippen LogP contribution in [0.4, 0.5) is 11.4 Å². The van der Waals surface area contributed by atoms with E-state index in [-0.39, 0.29) is 23.6 Å². The van der Waals surface area contributed by atoms with Crippen molar-refractivity contribution in [3.05, 3.63) is 94.5 Å². The monoisotopic (exact) mass is 560 g/mol. The van der Waals surface area contributed by atoms with Gasteiger partial charge in [0.15, 0.2) is 0 Å². The van der Waals surface area contributed by atoms with E-state index in [9.17, 15) is 14.4 Å². The topological polar surface area (TPSA) is 73.0 Å². The summed E-state index contributed by atoms with van der Waals surface area (Å²) in [6, 6.07) is 22.1. The fraction of sp³-hybridized carbons (Fsp3) is 0.344. The summed E-state index contributed by atoms with van der Waals surface area (Å²) in [6.07, 6.45) is 0.745. The fourth-order valence-electron chi connectivity index (χ4n) is 5.17. The zero-order valence-corrected chi connectivity index (χ0v) is 24.2. The molecule has 0 radical (unpaired) electrons. The summed E-state index contributed by atoms with van der Waals surface area (Å²) in [4.78, 5) is 45.7. The molecule has 8 heteroatoms. The maximum atomic E-state index is 13.6. The Balaban J connectivity index is 1.53. The van der Waals surface area contributed by atoms with Crippen molar-refractivity contribution in [2.45, 2.75) is 33.1 Å². The Labute approximate surface area is 241 Å². The molecule has 0 aromatic heterocycles. The first-order chi connectivity index (χ1) is 19.4. The van der Waals surface area contributed by atoms with E-state index in [1.54, 1.807) is 35.2 Å². The lowest BCUT2D eigenvalue weighted by Gasteiger charge is -2.38. The lowest BCUT2D eigenvalue weighted by Crippen LogP contribution is -2.50. The second kappa shape index (κ2) is 13.5. The van der Waals surface area contributed by atoms with Gasteiger partial charge in [-0.05, 0) is 68.3 Å². The average molecular weight is 561 g/mol. The SMILES string of the molecule is CC[C@@H](C(=O)N1CCN(c2ccc(NC(=O)c3ccc(Cl)cc3)cc2C(=O)N(CC)CC)CC1)c1ccccc1. The van der Waals surface area contributed by atoms with Gasteiger partial charge >= 0.3 is 0 Å². The molecular formula is C32H37ClN4O3. The number of hydrogen-bond donors (Lipinski definition) is 1. The second-order valence-corrected chi connectivity index (χ2v) is 10.3. The minimum atomic E-state index is -0.276. The van der Waals surface area contributed by atoms with Crippen molar-refractivity contribution in [1.29, 1.82) is 0 Å². The molecule has 7 nitrogen and oxygen atoms in total. The number of halogens is 1. The van der Waals surface area contributed by atoms with Gasteiger partial charge < -0.3 is 20.0 Å². The number of rotatable bonds is 9. The first-order valence-corrected chi connectivity index (χ1v) is 14.3. The van der Waals surface area contributed by atoms with Gasteiger partial charge in [-0.15, -0.1) is 0 Å². The van der Waals surface area contributed by atoms with Crippen molar-refractivity contribution in [1.82, 2.24) is 9.80 Å². The summed E-state index contributed by atoms with van der Waals surface area (Å²) >= 11 is 5.96. The van der Waals surface area contributed by atoms with Gasteiger partial charge in [-0.1, -0.05) is 48.9 Å². The normalized spacial score (nSPS) is 14.0. The van der Waals surface area contributed by atoms with Gasteiger partial charge in [-0.2, -0.15) is 0 Å². The summed E-state index contributed by atoms with van der Waals surface area (Å²) < 4.78 is 0. The molecule has 3 aromatic rings. The van der Waals surface area contributed by atoms with Gasteiger partial charge in [-0.25, -0.2) is 0 Å². The minimum absolute atomic E-state index is 0.0868. The van der Waals surface area contributed by atoms with Crippen molar-refractivity contribution in [3.8, 4) is 0 Å². The number of benzene rings is 3. The molecule has 1 saturated heterocycles. The summed E-state index contributed by atoms with van der Waals surface area (Å²) in [5, 5.41) is 3.47. The van der Waals surface area contributed by atoms with E-state index in [1.165, 1.54) is 0 Å². The van der Waals surface area contributed by atoms with Crippen molar-refractivity contribution in [2.75, 3.05) is 49.5 Å². The summed E-state index contributed by atoms with van der Waals surface area (Å²) in [5.41, 5.74) is 3.41. The Bertz CT molecular complexity index is 1320. The van der Waals surface area contributed by atoms with Gasteiger partial charge in [0.1, 0.15) is 0 Å². The Morgan fingerprint density at radius 1 is 0.875 bits per heavy atom. The molecule has 210 valence electrons. The molecule has 1 aliphatic heterocycles. The molecule has 1 heterocycles. The van der Waals surface area contributed by atoms with E-state index >= 15 is 0 Å². The quantitative estimate of drug-likeness (QED) is 0.353. The molecule has 40 heavy (non-hydrogen) atoms. The highest BCUT2D eigenvalue weighted by atomic mass is 35.5. The van der Waals surface area contributed by atoms with Crippen LogP contribution >= 0.6 is 11.6 Å². The molecule has 0 unspecified atom stereocenters. The van der Waals surface area contributed by atoms with E-state index in [2.05, 4.69) is 10.2 Å². The van der Waals surface area contributed by atoms with Crippen molar-refractivity contribution in [2.24, 2.45) is 0 Å². The number of carbonyl (C=O) groups excluding carboxylic acids is 3. The van der Waals surface area contributed by atoms with Gasteiger partial charge in [0, 0.05) is 61.2 Å². The number of anilines is 2. The molecule has 0 saturated carbocycles. The molecule has 3 amide bonds. The Morgan fingerprint density at radius 2 is 1.52 bits per heavy atom. The van der Waals surface area contributed by atoms with Crippen LogP contribution < -0.4 is 10.2 Å². The third kappa shape index (κ3) is 6.65. The maximum Gasteiger partial charge on any atom is 0.256 e. The molecule has 1 aliphatic rings. The van der Waals surface area contributed by atoms with E-state index in [1.807, 2.05) is 68.1 Å². The van der Waals surface area contributed by atoms with Crippen LogP contribution in [0.2, 0.25) is 5.02 Å². The zero-order chi connectivity index (χ0) is 28.6. The van der Waals surface area contributed by atoms with Crippen LogP contribution in [-0.2, 0) is 4.79 Å². The third-order valence-electron chi connectivity index (χ3n) is 7.48. The molecule has 1 atom stereocenters. The van der Waals surface area contributed by atoms with Gasteiger partial charge in [0.25, 0.3) is 11.8 Å². The standard InChI is InChI=1S/C32H37ClN4O3/c1-4-27(23-10-8-7-9-11-23)31(39)37-20-18-36(19-21-37)29-17-16-26(22-28(29)32(40)35(5-2)6-3)34-30(38)24-12-14-25(33)15-13-24/h7-17,22,27H,4-6,18-21H2,1-3H3,(H,34,38)/t27-/m1/s1. The van der Waals surface area contributed by atoms with Gasteiger partial charge in [0.05, 0.1) is 11.5 Å². The van der Waals surface area contributed by atoms with Gasteiger partial charge in [0.2, 0.25) is 5.91 Å². The van der Waals surface area contributed by atoms with Crippen LogP contribution in [0.25, 0.3) is 0 Å². The highest BCUT2D eigenvalue weighted by molar-refractivity contribution is 6.30. The van der Waals surface area contributed by atoms with E-state index in [0.29, 0.717) is 61.1 Å². The lowest BCUT2D eigenvalue weighted by atomic mass is 9.94. The van der Waals surface area contributed by atoms with Crippen molar-refractivity contribution >= 4 is 40.7 Å². The first kappa shape index (κ1) is 29.2. The number of nitrogens with zero attached hydrogens (tertiary/aromatic N) is 3. The summed E-state index contributed by atoms with van der Waals surface area (Å²) in [7, 11) is 0. The zero-order valence-electron chi connectivity index (χ0n) is 23.4. The molecule has 0 bridgehead atoms. The van der Waals surface area contributed by atoms with Crippen LogP contribution in [0.5, 0.6) is 0 Å².